The van der Waals surface area contributed by atoms with Gasteiger partial charge in [-0.3, -0.25) is 0 Å². The average Bonchev–Trinajstić information content (AvgIpc) is 2.89. The minimum atomic E-state index is 0.215. The first-order valence-electron chi connectivity index (χ1n) is 8.47. The lowest BCUT2D eigenvalue weighted by Crippen LogP contribution is -2.49. The van der Waals surface area contributed by atoms with Crippen LogP contribution in [0.2, 0.25) is 0 Å². The molecular weight excluding hydrogens is 234 g/mol. The van der Waals surface area contributed by atoms with Crippen LogP contribution in [0, 0.1) is 5.92 Å². The summed E-state index contributed by atoms with van der Waals surface area (Å²) >= 11 is 0. The molecule has 3 fully saturated rings. The highest BCUT2D eigenvalue weighted by molar-refractivity contribution is 4.93. The lowest BCUT2D eigenvalue weighted by Gasteiger charge is -2.41. The Morgan fingerprint density at radius 1 is 0.895 bits per heavy atom. The second kappa shape index (κ2) is 6.11. The summed E-state index contributed by atoms with van der Waals surface area (Å²) in [5.74, 6) is 0.963. The molecule has 2 aliphatic heterocycles. The first-order valence-corrected chi connectivity index (χ1v) is 8.47. The van der Waals surface area contributed by atoms with E-state index in [1.54, 1.807) is 0 Å². The third-order valence-electron chi connectivity index (χ3n) is 5.70. The maximum absolute atomic E-state index is 6.32. The maximum atomic E-state index is 6.32. The Balaban J connectivity index is 1.32. The van der Waals surface area contributed by atoms with Gasteiger partial charge in [-0.1, -0.05) is 0 Å². The van der Waals surface area contributed by atoms with Crippen molar-refractivity contribution in [3.05, 3.63) is 0 Å². The fourth-order valence-corrected chi connectivity index (χ4v) is 3.98. The predicted molar refractivity (Wildman–Crippen MR) is 80.2 cm³/mol. The molecule has 0 atom stereocenters. The molecule has 0 bridgehead atoms. The van der Waals surface area contributed by atoms with Crippen LogP contribution in [0.5, 0.6) is 0 Å². The highest BCUT2D eigenvalue weighted by Gasteiger charge is 2.33. The lowest BCUT2D eigenvalue weighted by atomic mass is 9.75. The summed E-state index contributed by atoms with van der Waals surface area (Å²) in [5, 5.41) is 0. The van der Waals surface area contributed by atoms with Gasteiger partial charge in [0.15, 0.2) is 0 Å². The molecule has 2 heterocycles. The van der Waals surface area contributed by atoms with E-state index in [4.69, 9.17) is 5.73 Å². The molecule has 0 spiro atoms. The number of hydrogen-bond donors (Lipinski definition) is 1. The average molecular weight is 265 g/mol. The Morgan fingerprint density at radius 2 is 1.58 bits per heavy atom. The van der Waals surface area contributed by atoms with Crippen molar-refractivity contribution < 1.29 is 0 Å². The highest BCUT2D eigenvalue weighted by atomic mass is 15.2. The molecule has 3 heteroatoms. The first-order chi connectivity index (χ1) is 9.23. The fraction of sp³-hybridized carbons (Fsp3) is 1.00. The summed E-state index contributed by atoms with van der Waals surface area (Å²) in [6.45, 7) is 7.95. The predicted octanol–water partition coefficient (Wildman–Crippen LogP) is 2.07. The monoisotopic (exact) mass is 265 g/mol. The van der Waals surface area contributed by atoms with Gasteiger partial charge in [0.2, 0.25) is 0 Å². The third-order valence-corrected chi connectivity index (χ3v) is 5.70. The summed E-state index contributed by atoms with van der Waals surface area (Å²) in [6, 6.07) is 0. The molecule has 0 aromatic carbocycles. The minimum absolute atomic E-state index is 0.215. The molecule has 2 saturated heterocycles. The van der Waals surface area contributed by atoms with Gasteiger partial charge in [0.05, 0.1) is 0 Å². The van der Waals surface area contributed by atoms with E-state index in [1.165, 1.54) is 90.6 Å². The van der Waals surface area contributed by atoms with Gasteiger partial charge in [0.1, 0.15) is 0 Å². The fourth-order valence-electron chi connectivity index (χ4n) is 3.98. The van der Waals surface area contributed by atoms with Gasteiger partial charge in [-0.05, 0) is 90.0 Å². The van der Waals surface area contributed by atoms with Crippen molar-refractivity contribution in [1.29, 1.82) is 0 Å². The molecule has 3 rings (SSSR count). The SMILES string of the molecule is NC1(CCN2CCC(CN3CCCC3)CC2)CCC1. The molecule has 3 nitrogen and oxygen atoms in total. The zero-order chi connectivity index (χ0) is 13.1. The van der Waals surface area contributed by atoms with Gasteiger partial charge in [-0.25, -0.2) is 0 Å². The summed E-state index contributed by atoms with van der Waals surface area (Å²) in [6.07, 6.45) is 10.8. The van der Waals surface area contributed by atoms with Crippen LogP contribution in [-0.2, 0) is 0 Å². The maximum Gasteiger partial charge on any atom is 0.0166 e. The molecule has 1 saturated carbocycles. The number of rotatable bonds is 5. The van der Waals surface area contributed by atoms with Gasteiger partial charge in [0, 0.05) is 12.1 Å². The van der Waals surface area contributed by atoms with Crippen LogP contribution in [0.4, 0.5) is 0 Å². The number of piperidine rings is 1. The minimum Gasteiger partial charge on any atom is -0.325 e. The van der Waals surface area contributed by atoms with Crippen molar-refractivity contribution in [3.8, 4) is 0 Å². The first kappa shape index (κ1) is 13.8. The quantitative estimate of drug-likeness (QED) is 0.826. The summed E-state index contributed by atoms with van der Waals surface area (Å²) in [5.41, 5.74) is 6.54. The van der Waals surface area contributed by atoms with Crippen molar-refractivity contribution in [2.24, 2.45) is 11.7 Å². The molecule has 0 amide bonds. The highest BCUT2D eigenvalue weighted by Crippen LogP contribution is 2.32. The Hall–Kier alpha value is -0.120. The van der Waals surface area contributed by atoms with E-state index in [0.29, 0.717) is 0 Å². The van der Waals surface area contributed by atoms with E-state index in [9.17, 15) is 0 Å². The van der Waals surface area contributed by atoms with E-state index in [-0.39, 0.29) is 5.54 Å². The molecule has 0 aromatic heterocycles. The largest absolute Gasteiger partial charge is 0.325 e. The number of nitrogens with two attached hydrogens (primary N) is 1. The van der Waals surface area contributed by atoms with E-state index >= 15 is 0 Å². The zero-order valence-electron chi connectivity index (χ0n) is 12.4. The Kier molecular flexibility index (Phi) is 4.45. The molecule has 3 aliphatic rings. The second-order valence-electron chi connectivity index (χ2n) is 7.26. The lowest BCUT2D eigenvalue weighted by molar-refractivity contribution is 0.129. The molecule has 2 N–H and O–H groups in total. The standard InChI is InChI=1S/C16H31N3/c17-16(6-3-7-16)8-13-18-11-4-15(5-12-18)14-19-9-1-2-10-19/h15H,1-14,17H2. The van der Waals surface area contributed by atoms with Crippen molar-refractivity contribution >= 4 is 0 Å². The summed E-state index contributed by atoms with van der Waals surface area (Å²) in [7, 11) is 0. The van der Waals surface area contributed by atoms with Gasteiger partial charge in [-0.15, -0.1) is 0 Å². The molecule has 0 aromatic rings. The van der Waals surface area contributed by atoms with Gasteiger partial charge >= 0.3 is 0 Å². The molecule has 1 aliphatic carbocycles. The van der Waals surface area contributed by atoms with Gasteiger partial charge in [-0.2, -0.15) is 0 Å². The summed E-state index contributed by atoms with van der Waals surface area (Å²) < 4.78 is 0. The second-order valence-corrected chi connectivity index (χ2v) is 7.26. The Bertz CT molecular complexity index is 274. The van der Waals surface area contributed by atoms with E-state index in [0.717, 1.165) is 5.92 Å². The van der Waals surface area contributed by atoms with Crippen molar-refractivity contribution in [2.45, 2.75) is 56.9 Å². The molecule has 110 valence electrons. The van der Waals surface area contributed by atoms with Gasteiger partial charge in [0.25, 0.3) is 0 Å². The number of nitrogens with zero attached hydrogens (tertiary/aromatic N) is 2. The number of likely N-dealkylation sites (tertiary alicyclic amines) is 2. The van der Waals surface area contributed by atoms with Crippen LogP contribution < -0.4 is 5.73 Å². The van der Waals surface area contributed by atoms with Gasteiger partial charge < -0.3 is 15.5 Å². The Labute approximate surface area is 118 Å². The van der Waals surface area contributed by atoms with E-state index < -0.39 is 0 Å². The van der Waals surface area contributed by atoms with Crippen molar-refractivity contribution in [3.63, 3.8) is 0 Å². The van der Waals surface area contributed by atoms with Crippen LogP contribution in [0.25, 0.3) is 0 Å². The van der Waals surface area contributed by atoms with Crippen LogP contribution in [-0.4, -0.2) is 54.6 Å². The Morgan fingerprint density at radius 3 is 2.16 bits per heavy atom. The molecule has 19 heavy (non-hydrogen) atoms. The third kappa shape index (κ3) is 3.71. The van der Waals surface area contributed by atoms with Crippen LogP contribution >= 0.6 is 0 Å². The van der Waals surface area contributed by atoms with E-state index in [1.807, 2.05) is 0 Å². The van der Waals surface area contributed by atoms with Crippen LogP contribution in [0.15, 0.2) is 0 Å². The normalized spacial score (nSPS) is 29.5. The van der Waals surface area contributed by atoms with Crippen molar-refractivity contribution in [2.75, 3.05) is 39.3 Å². The molecule has 0 unspecified atom stereocenters. The van der Waals surface area contributed by atoms with Crippen LogP contribution in [0.1, 0.15) is 51.4 Å². The van der Waals surface area contributed by atoms with Crippen LogP contribution in [0.3, 0.4) is 0 Å². The zero-order valence-corrected chi connectivity index (χ0v) is 12.4. The topological polar surface area (TPSA) is 32.5 Å². The smallest absolute Gasteiger partial charge is 0.0166 e. The summed E-state index contributed by atoms with van der Waals surface area (Å²) in [4.78, 5) is 5.34. The molecule has 0 radical (unpaired) electrons. The van der Waals surface area contributed by atoms with E-state index in [2.05, 4.69) is 9.80 Å². The number of hydrogen-bond acceptors (Lipinski definition) is 3. The van der Waals surface area contributed by atoms with Crippen molar-refractivity contribution in [1.82, 2.24) is 9.80 Å². The molecular formula is C16H31N3.